The molecular formula is C5H4F4N2. The maximum absolute atomic E-state index is 12.3. The number of rotatable bonds is 2. The first kappa shape index (κ1) is 8.03. The molecule has 0 saturated carbocycles. The highest BCUT2D eigenvalue weighted by atomic mass is 19.3. The third-order valence-corrected chi connectivity index (χ3v) is 1.13. The largest absolute Gasteiger partial charge is 0.348 e. The number of H-pyrrole nitrogens is 1. The number of aromatic nitrogens is 2. The molecule has 1 rings (SSSR count). The van der Waals surface area contributed by atoms with Crippen molar-refractivity contribution >= 4 is 0 Å². The first-order chi connectivity index (χ1) is 5.05. The van der Waals surface area contributed by atoms with Gasteiger partial charge < -0.3 is 4.98 Å². The molecule has 0 saturated heterocycles. The van der Waals surface area contributed by atoms with Crippen molar-refractivity contribution in [2.24, 2.45) is 0 Å². The Hall–Kier alpha value is -1.07. The zero-order valence-electron chi connectivity index (χ0n) is 5.19. The Bertz CT molecular complexity index is 218. The van der Waals surface area contributed by atoms with Crippen molar-refractivity contribution in [2.75, 3.05) is 0 Å². The molecule has 0 aliphatic rings. The predicted octanol–water partition coefficient (Wildman–Crippen LogP) is 1.77. The van der Waals surface area contributed by atoms with Gasteiger partial charge in [0.05, 0.1) is 12.5 Å². The summed E-state index contributed by atoms with van der Waals surface area (Å²) in [5.41, 5.74) is -0.868. The van der Waals surface area contributed by atoms with E-state index in [-0.39, 0.29) is 0 Å². The molecule has 2 nitrogen and oxygen atoms in total. The minimum Gasteiger partial charge on any atom is -0.343 e. The third-order valence-electron chi connectivity index (χ3n) is 1.13. The lowest BCUT2D eigenvalue weighted by Gasteiger charge is -2.11. The average Bonchev–Trinajstić information content (AvgIpc) is 2.37. The second kappa shape index (κ2) is 2.52. The topological polar surface area (TPSA) is 28.7 Å². The molecule has 62 valence electrons. The predicted molar refractivity (Wildman–Crippen MR) is 28.5 cm³/mol. The average molecular weight is 168 g/mol. The Morgan fingerprint density at radius 3 is 2.45 bits per heavy atom. The Labute approximate surface area is 59.3 Å². The van der Waals surface area contributed by atoms with Crippen LogP contribution in [-0.4, -0.2) is 16.4 Å². The minimum absolute atomic E-state index is 0.673. The monoisotopic (exact) mass is 168 g/mol. The molecule has 0 aromatic carbocycles. The molecule has 0 unspecified atom stereocenters. The summed E-state index contributed by atoms with van der Waals surface area (Å²) in [6.45, 7) is 0. The summed E-state index contributed by atoms with van der Waals surface area (Å²) in [5.74, 6) is -4.13. The highest BCUT2D eigenvalue weighted by Gasteiger charge is 2.43. The van der Waals surface area contributed by atoms with Crippen molar-refractivity contribution in [1.82, 2.24) is 9.97 Å². The summed E-state index contributed by atoms with van der Waals surface area (Å²) in [5, 5.41) is 0. The molecule has 1 heterocycles. The Balaban J connectivity index is 2.90. The molecule has 1 N–H and O–H groups in total. The Morgan fingerprint density at radius 2 is 2.09 bits per heavy atom. The third kappa shape index (κ3) is 1.33. The number of hydrogen-bond donors (Lipinski definition) is 1. The van der Waals surface area contributed by atoms with E-state index in [0.717, 1.165) is 6.33 Å². The Morgan fingerprint density at radius 1 is 1.45 bits per heavy atom. The lowest BCUT2D eigenvalue weighted by Crippen LogP contribution is -2.23. The number of nitrogens with zero attached hydrogens (tertiary/aromatic N) is 1. The van der Waals surface area contributed by atoms with Crippen LogP contribution in [0.5, 0.6) is 0 Å². The van der Waals surface area contributed by atoms with Gasteiger partial charge in [0, 0.05) is 0 Å². The van der Waals surface area contributed by atoms with Gasteiger partial charge in [-0.15, -0.1) is 0 Å². The fourth-order valence-corrected chi connectivity index (χ4v) is 0.556. The molecule has 0 amide bonds. The molecule has 1 aromatic heterocycles. The van der Waals surface area contributed by atoms with Gasteiger partial charge in [0.1, 0.15) is 5.69 Å². The van der Waals surface area contributed by atoms with Gasteiger partial charge in [0.25, 0.3) is 0 Å². The summed E-state index contributed by atoms with van der Waals surface area (Å²) >= 11 is 0. The SMILES string of the molecule is FC(F)C(F)(F)c1cnc[nH]1. The fraction of sp³-hybridized carbons (Fsp3) is 0.400. The van der Waals surface area contributed by atoms with Gasteiger partial charge in [-0.3, -0.25) is 0 Å². The standard InChI is InChI=1S/C5H4F4N2/c6-4(7)5(8,9)3-1-10-2-11-3/h1-2,4H,(H,10,11). The van der Waals surface area contributed by atoms with E-state index < -0.39 is 18.0 Å². The van der Waals surface area contributed by atoms with Crippen LogP contribution >= 0.6 is 0 Å². The molecule has 0 fully saturated rings. The number of hydrogen-bond acceptors (Lipinski definition) is 1. The van der Waals surface area contributed by atoms with E-state index in [1.807, 2.05) is 4.98 Å². The van der Waals surface area contributed by atoms with Gasteiger partial charge in [0.2, 0.25) is 0 Å². The van der Waals surface area contributed by atoms with E-state index in [0.29, 0.717) is 6.20 Å². The summed E-state index contributed by atoms with van der Waals surface area (Å²) in [6.07, 6.45) is -2.11. The van der Waals surface area contributed by atoms with Crippen LogP contribution in [0.2, 0.25) is 0 Å². The zero-order chi connectivity index (χ0) is 8.48. The highest BCUT2D eigenvalue weighted by molar-refractivity contribution is 5.04. The number of alkyl halides is 4. The quantitative estimate of drug-likeness (QED) is 0.669. The van der Waals surface area contributed by atoms with E-state index in [4.69, 9.17) is 0 Å². The first-order valence-electron chi connectivity index (χ1n) is 2.70. The van der Waals surface area contributed by atoms with Gasteiger partial charge >= 0.3 is 12.3 Å². The van der Waals surface area contributed by atoms with Gasteiger partial charge in [-0.05, 0) is 0 Å². The second-order valence-corrected chi connectivity index (χ2v) is 1.89. The van der Waals surface area contributed by atoms with Crippen molar-refractivity contribution in [2.45, 2.75) is 12.3 Å². The summed E-state index contributed by atoms with van der Waals surface area (Å²) in [4.78, 5) is 5.12. The van der Waals surface area contributed by atoms with Crippen LogP contribution in [0.1, 0.15) is 5.69 Å². The van der Waals surface area contributed by atoms with Crippen LogP contribution in [0.4, 0.5) is 17.6 Å². The first-order valence-corrected chi connectivity index (χ1v) is 2.70. The minimum atomic E-state index is -4.13. The van der Waals surface area contributed by atoms with Gasteiger partial charge in [-0.25, -0.2) is 13.8 Å². The van der Waals surface area contributed by atoms with E-state index in [1.165, 1.54) is 0 Å². The summed E-state index contributed by atoms with van der Waals surface area (Å²) in [6, 6.07) is 0. The van der Waals surface area contributed by atoms with Crippen molar-refractivity contribution in [3.05, 3.63) is 18.2 Å². The number of halogens is 4. The molecule has 0 spiro atoms. The second-order valence-electron chi connectivity index (χ2n) is 1.89. The van der Waals surface area contributed by atoms with Gasteiger partial charge in [-0.1, -0.05) is 0 Å². The lowest BCUT2D eigenvalue weighted by atomic mass is 10.3. The van der Waals surface area contributed by atoms with E-state index >= 15 is 0 Å². The molecule has 0 bridgehead atoms. The maximum atomic E-state index is 12.3. The Kier molecular flexibility index (Phi) is 1.84. The molecule has 1 aromatic rings. The van der Waals surface area contributed by atoms with Crippen molar-refractivity contribution in [1.29, 1.82) is 0 Å². The van der Waals surface area contributed by atoms with E-state index in [1.54, 1.807) is 0 Å². The van der Waals surface area contributed by atoms with E-state index in [9.17, 15) is 17.6 Å². The lowest BCUT2D eigenvalue weighted by molar-refractivity contribution is -0.137. The highest BCUT2D eigenvalue weighted by Crippen LogP contribution is 2.32. The fourth-order valence-electron chi connectivity index (χ4n) is 0.556. The molecule has 0 atom stereocenters. The van der Waals surface area contributed by atoms with Gasteiger partial charge in [0.15, 0.2) is 0 Å². The van der Waals surface area contributed by atoms with Crippen molar-refractivity contribution in [3.8, 4) is 0 Å². The molecule has 0 aliphatic carbocycles. The van der Waals surface area contributed by atoms with Crippen LogP contribution in [0, 0.1) is 0 Å². The number of aromatic amines is 1. The smallest absolute Gasteiger partial charge is 0.343 e. The molecule has 11 heavy (non-hydrogen) atoms. The normalized spacial score (nSPS) is 12.5. The molecule has 0 radical (unpaired) electrons. The van der Waals surface area contributed by atoms with Crippen molar-refractivity contribution in [3.63, 3.8) is 0 Å². The zero-order valence-corrected chi connectivity index (χ0v) is 5.19. The van der Waals surface area contributed by atoms with Crippen LogP contribution in [-0.2, 0) is 5.92 Å². The molecular weight excluding hydrogens is 164 g/mol. The molecule has 0 aliphatic heterocycles. The summed E-state index contributed by atoms with van der Waals surface area (Å²) < 4.78 is 47.7. The van der Waals surface area contributed by atoms with E-state index in [2.05, 4.69) is 4.98 Å². The van der Waals surface area contributed by atoms with Crippen LogP contribution in [0.3, 0.4) is 0 Å². The van der Waals surface area contributed by atoms with Crippen LogP contribution in [0.15, 0.2) is 12.5 Å². The van der Waals surface area contributed by atoms with Crippen molar-refractivity contribution < 1.29 is 17.6 Å². The summed E-state index contributed by atoms with van der Waals surface area (Å²) in [7, 11) is 0. The maximum Gasteiger partial charge on any atom is 0.348 e. The van der Waals surface area contributed by atoms with Crippen LogP contribution < -0.4 is 0 Å². The van der Waals surface area contributed by atoms with Crippen LogP contribution in [0.25, 0.3) is 0 Å². The van der Waals surface area contributed by atoms with Gasteiger partial charge in [-0.2, -0.15) is 8.78 Å². The number of nitrogens with one attached hydrogen (secondary N) is 1. The molecule has 6 heteroatoms. The number of imidazole rings is 1.